The predicted molar refractivity (Wildman–Crippen MR) is 119 cm³/mol. The van der Waals surface area contributed by atoms with Crippen molar-refractivity contribution < 1.29 is 9.50 Å². The highest BCUT2D eigenvalue weighted by Crippen LogP contribution is 2.35. The molecule has 0 amide bonds. The number of likely N-dealkylation sites (tertiary alicyclic amines) is 1. The zero-order chi connectivity index (χ0) is 22.0. The van der Waals surface area contributed by atoms with E-state index in [0.29, 0.717) is 23.7 Å². The Kier molecular flexibility index (Phi) is 6.18. The van der Waals surface area contributed by atoms with Crippen LogP contribution in [0.2, 0.25) is 0 Å². The van der Waals surface area contributed by atoms with Crippen molar-refractivity contribution in [3.05, 3.63) is 93.4 Å². The van der Waals surface area contributed by atoms with Crippen molar-refractivity contribution in [3.63, 3.8) is 0 Å². The van der Waals surface area contributed by atoms with Crippen molar-refractivity contribution in [2.75, 3.05) is 13.1 Å². The van der Waals surface area contributed by atoms with E-state index in [1.54, 1.807) is 29.0 Å². The van der Waals surface area contributed by atoms with Gasteiger partial charge in [-0.15, -0.1) is 0 Å². The summed E-state index contributed by atoms with van der Waals surface area (Å²) < 4.78 is 15.3. The molecule has 0 aliphatic carbocycles. The van der Waals surface area contributed by atoms with Crippen molar-refractivity contribution >= 4 is 0 Å². The summed E-state index contributed by atoms with van der Waals surface area (Å²) in [6.45, 7) is 6.00. The second kappa shape index (κ2) is 9.02. The van der Waals surface area contributed by atoms with Gasteiger partial charge in [0.1, 0.15) is 11.6 Å². The summed E-state index contributed by atoms with van der Waals surface area (Å²) >= 11 is 0. The molecule has 3 aromatic rings. The van der Waals surface area contributed by atoms with Gasteiger partial charge in [-0.05, 0) is 74.7 Å². The Morgan fingerprint density at radius 1 is 1.16 bits per heavy atom. The Morgan fingerprint density at radius 3 is 2.52 bits per heavy atom. The lowest BCUT2D eigenvalue weighted by Crippen LogP contribution is -2.40. The molecular weight excluding hydrogens is 393 g/mol. The normalized spacial score (nSPS) is 16.4. The number of rotatable bonds is 5. The molecule has 1 aromatic carbocycles. The standard InChI is InChI=1S/C25H28FN3O2/c1-17-10-13-28(14-11-17)24(19-6-8-20(26)9-7-19)23-22(30)15-18(2)29(25(23)31)16-21-5-3-4-12-27-21/h3-9,12,15,17,24,30H,10-11,13-14,16H2,1-2H3. The van der Waals surface area contributed by atoms with Gasteiger partial charge in [0.15, 0.2) is 0 Å². The first kappa shape index (κ1) is 21.2. The van der Waals surface area contributed by atoms with E-state index >= 15 is 0 Å². The van der Waals surface area contributed by atoms with E-state index in [-0.39, 0.29) is 17.1 Å². The zero-order valence-corrected chi connectivity index (χ0v) is 18.0. The number of aryl methyl sites for hydroxylation is 1. The zero-order valence-electron chi connectivity index (χ0n) is 18.0. The molecule has 31 heavy (non-hydrogen) atoms. The summed E-state index contributed by atoms with van der Waals surface area (Å²) in [5.74, 6) is 0.278. The molecule has 0 spiro atoms. The second-order valence-electron chi connectivity index (χ2n) is 8.47. The van der Waals surface area contributed by atoms with E-state index < -0.39 is 6.04 Å². The fourth-order valence-electron chi connectivity index (χ4n) is 4.37. The highest BCUT2D eigenvalue weighted by molar-refractivity contribution is 5.41. The molecule has 1 N–H and O–H groups in total. The molecule has 1 atom stereocenters. The van der Waals surface area contributed by atoms with Crippen LogP contribution >= 0.6 is 0 Å². The first-order valence-electron chi connectivity index (χ1n) is 10.8. The number of pyridine rings is 2. The maximum absolute atomic E-state index is 13.7. The van der Waals surface area contributed by atoms with Gasteiger partial charge in [0.05, 0.1) is 23.8 Å². The quantitative estimate of drug-likeness (QED) is 0.669. The molecule has 1 unspecified atom stereocenters. The predicted octanol–water partition coefficient (Wildman–Crippen LogP) is 4.27. The molecule has 0 bridgehead atoms. The Balaban J connectivity index is 1.83. The SMILES string of the molecule is Cc1cc(O)c(C(c2ccc(F)cc2)N2CCC(C)CC2)c(=O)n1Cc1ccccn1. The van der Waals surface area contributed by atoms with Crippen molar-refractivity contribution in [3.8, 4) is 5.75 Å². The molecule has 3 heterocycles. The Morgan fingerprint density at radius 2 is 1.87 bits per heavy atom. The molecule has 1 saturated heterocycles. The first-order valence-corrected chi connectivity index (χ1v) is 10.8. The van der Waals surface area contributed by atoms with Gasteiger partial charge in [0.2, 0.25) is 0 Å². The number of aromatic hydroxyl groups is 1. The first-order chi connectivity index (χ1) is 14.9. The van der Waals surface area contributed by atoms with Crippen molar-refractivity contribution in [1.29, 1.82) is 0 Å². The molecule has 4 rings (SSSR count). The van der Waals surface area contributed by atoms with Crippen molar-refractivity contribution in [2.45, 2.75) is 39.3 Å². The highest BCUT2D eigenvalue weighted by atomic mass is 19.1. The number of benzene rings is 1. The molecule has 2 aromatic heterocycles. The third-order valence-electron chi connectivity index (χ3n) is 6.21. The van der Waals surface area contributed by atoms with E-state index in [0.717, 1.165) is 37.2 Å². The second-order valence-corrected chi connectivity index (χ2v) is 8.47. The summed E-state index contributed by atoms with van der Waals surface area (Å²) in [7, 11) is 0. The summed E-state index contributed by atoms with van der Waals surface area (Å²) in [5.41, 5.74) is 2.34. The van der Waals surface area contributed by atoms with Gasteiger partial charge in [-0.2, -0.15) is 0 Å². The average molecular weight is 422 g/mol. The largest absolute Gasteiger partial charge is 0.507 e. The monoisotopic (exact) mass is 421 g/mol. The van der Waals surface area contributed by atoms with Crippen LogP contribution in [0, 0.1) is 18.7 Å². The fraction of sp³-hybridized carbons (Fsp3) is 0.360. The third-order valence-corrected chi connectivity index (χ3v) is 6.21. The van der Waals surface area contributed by atoms with Crippen LogP contribution in [0.15, 0.2) is 59.5 Å². The maximum atomic E-state index is 13.7. The molecule has 1 fully saturated rings. The lowest BCUT2D eigenvalue weighted by molar-refractivity contribution is 0.154. The van der Waals surface area contributed by atoms with Crippen LogP contribution in [0.3, 0.4) is 0 Å². The number of halogens is 1. The van der Waals surface area contributed by atoms with Gasteiger partial charge in [-0.1, -0.05) is 25.1 Å². The summed E-state index contributed by atoms with van der Waals surface area (Å²) in [6, 6.07) is 13.0. The van der Waals surface area contributed by atoms with E-state index in [1.807, 2.05) is 25.1 Å². The summed E-state index contributed by atoms with van der Waals surface area (Å²) in [5, 5.41) is 10.9. The van der Waals surface area contributed by atoms with Crippen LogP contribution in [0.5, 0.6) is 5.75 Å². The molecular formula is C25H28FN3O2. The van der Waals surface area contributed by atoms with E-state index in [9.17, 15) is 14.3 Å². The van der Waals surface area contributed by atoms with Gasteiger partial charge in [-0.3, -0.25) is 14.7 Å². The number of piperidine rings is 1. The molecule has 1 aliphatic heterocycles. The third kappa shape index (κ3) is 4.54. The highest BCUT2D eigenvalue weighted by Gasteiger charge is 2.31. The van der Waals surface area contributed by atoms with Crippen LogP contribution in [-0.2, 0) is 6.54 Å². The summed E-state index contributed by atoms with van der Waals surface area (Å²) in [4.78, 5) is 20.2. The Hall–Kier alpha value is -2.99. The maximum Gasteiger partial charge on any atom is 0.260 e. The van der Waals surface area contributed by atoms with Gasteiger partial charge in [0.25, 0.3) is 5.56 Å². The summed E-state index contributed by atoms with van der Waals surface area (Å²) in [6.07, 6.45) is 3.74. The van der Waals surface area contributed by atoms with Crippen LogP contribution < -0.4 is 5.56 Å². The molecule has 0 saturated carbocycles. The topological polar surface area (TPSA) is 58.4 Å². The minimum atomic E-state index is -0.434. The fourth-order valence-corrected chi connectivity index (χ4v) is 4.37. The number of nitrogens with zero attached hydrogens (tertiary/aromatic N) is 3. The number of hydrogen-bond donors (Lipinski definition) is 1. The average Bonchev–Trinajstić information content (AvgIpc) is 2.76. The van der Waals surface area contributed by atoms with Crippen LogP contribution in [0.4, 0.5) is 4.39 Å². The van der Waals surface area contributed by atoms with Crippen molar-refractivity contribution in [1.82, 2.24) is 14.5 Å². The van der Waals surface area contributed by atoms with Gasteiger partial charge < -0.3 is 9.67 Å². The molecule has 1 aliphatic rings. The molecule has 6 heteroatoms. The van der Waals surface area contributed by atoms with Crippen LogP contribution in [-0.4, -0.2) is 32.6 Å². The molecule has 5 nitrogen and oxygen atoms in total. The lowest BCUT2D eigenvalue weighted by Gasteiger charge is -2.37. The van der Waals surface area contributed by atoms with Gasteiger partial charge in [-0.25, -0.2) is 4.39 Å². The van der Waals surface area contributed by atoms with E-state index in [1.165, 1.54) is 12.1 Å². The Bertz CT molecular complexity index is 1090. The number of aromatic nitrogens is 2. The molecule has 0 radical (unpaired) electrons. The number of hydrogen-bond acceptors (Lipinski definition) is 4. The van der Waals surface area contributed by atoms with Gasteiger partial charge >= 0.3 is 0 Å². The minimum absolute atomic E-state index is 0.0206. The smallest absolute Gasteiger partial charge is 0.260 e. The molecule has 162 valence electrons. The van der Waals surface area contributed by atoms with Crippen molar-refractivity contribution in [2.24, 2.45) is 5.92 Å². The van der Waals surface area contributed by atoms with Crippen LogP contribution in [0.1, 0.15) is 48.3 Å². The minimum Gasteiger partial charge on any atom is -0.507 e. The lowest BCUT2D eigenvalue weighted by atomic mass is 9.92. The van der Waals surface area contributed by atoms with E-state index in [2.05, 4.69) is 16.8 Å². The Labute approximate surface area is 181 Å². The van der Waals surface area contributed by atoms with Crippen LogP contribution in [0.25, 0.3) is 0 Å². The van der Waals surface area contributed by atoms with E-state index in [4.69, 9.17) is 0 Å². The van der Waals surface area contributed by atoms with Gasteiger partial charge in [0, 0.05) is 11.9 Å².